The van der Waals surface area contributed by atoms with E-state index >= 15 is 0 Å². The maximum atomic E-state index is 11.3. The molecule has 2 N–H and O–H groups in total. The summed E-state index contributed by atoms with van der Waals surface area (Å²) in [5.74, 6) is 1.70. The number of rotatable bonds is 11. The fourth-order valence-electron chi connectivity index (χ4n) is 1.84. The van der Waals surface area contributed by atoms with Gasteiger partial charge in [0.1, 0.15) is 0 Å². The summed E-state index contributed by atoms with van der Waals surface area (Å²) in [6.45, 7) is 5.10. The van der Waals surface area contributed by atoms with Crippen LogP contribution in [0.3, 0.4) is 0 Å². The van der Waals surface area contributed by atoms with Crippen LogP contribution in [0, 0.1) is 5.92 Å². The maximum absolute atomic E-state index is 11.3. The molecule has 130 valence electrons. The Morgan fingerprint density at radius 3 is 2.68 bits per heavy atom. The molecule has 1 rings (SSSR count). The molecule has 0 unspecified atom stereocenters. The molecular weight excluding hydrogens is 304 g/mol. The standard InChI is InChI=1S/C14H30N4O3S/c1-4-22(19,20)17-9-5-8-16-14(15-2)18(3)10-11-21-12-13-6-7-13/h13,17H,4-12H2,1-3H3,(H,15,16). The lowest BCUT2D eigenvalue weighted by Gasteiger charge is -2.22. The molecule has 0 radical (unpaired) electrons. The first-order valence-corrected chi connectivity index (χ1v) is 9.60. The summed E-state index contributed by atoms with van der Waals surface area (Å²) >= 11 is 0. The molecule has 0 heterocycles. The molecule has 0 atom stereocenters. The second kappa shape index (κ2) is 10.0. The molecule has 1 fully saturated rings. The predicted octanol–water partition coefficient (Wildman–Crippen LogP) is 0.250. The largest absolute Gasteiger partial charge is 0.379 e. The number of nitrogens with one attached hydrogen (secondary N) is 2. The van der Waals surface area contributed by atoms with Crippen molar-refractivity contribution in [2.75, 3.05) is 52.7 Å². The Morgan fingerprint density at radius 2 is 2.09 bits per heavy atom. The summed E-state index contributed by atoms with van der Waals surface area (Å²) in [6, 6.07) is 0. The zero-order valence-electron chi connectivity index (χ0n) is 14.0. The molecule has 0 aromatic carbocycles. The van der Waals surface area contributed by atoms with Gasteiger partial charge in [0.2, 0.25) is 10.0 Å². The van der Waals surface area contributed by atoms with Gasteiger partial charge in [0.05, 0.1) is 12.4 Å². The van der Waals surface area contributed by atoms with Gasteiger partial charge >= 0.3 is 0 Å². The minimum Gasteiger partial charge on any atom is -0.379 e. The number of nitrogens with zero attached hydrogens (tertiary/aromatic N) is 2. The smallest absolute Gasteiger partial charge is 0.211 e. The van der Waals surface area contributed by atoms with Crippen molar-refractivity contribution < 1.29 is 13.2 Å². The molecule has 1 aliphatic rings. The van der Waals surface area contributed by atoms with Gasteiger partial charge < -0.3 is 15.0 Å². The number of hydrogen-bond donors (Lipinski definition) is 2. The van der Waals surface area contributed by atoms with Crippen LogP contribution in [0.4, 0.5) is 0 Å². The van der Waals surface area contributed by atoms with Crippen LogP contribution in [0.15, 0.2) is 4.99 Å². The van der Waals surface area contributed by atoms with Crippen LogP contribution in [0.1, 0.15) is 26.2 Å². The van der Waals surface area contributed by atoms with Gasteiger partial charge in [-0.3, -0.25) is 4.99 Å². The van der Waals surface area contributed by atoms with Gasteiger partial charge in [-0.05, 0) is 32.1 Å². The highest BCUT2D eigenvalue weighted by atomic mass is 32.2. The van der Waals surface area contributed by atoms with E-state index in [1.54, 1.807) is 14.0 Å². The summed E-state index contributed by atoms with van der Waals surface area (Å²) in [5, 5.41) is 3.22. The molecular formula is C14H30N4O3S. The SMILES string of the molecule is CCS(=O)(=O)NCCCNC(=NC)N(C)CCOCC1CC1. The van der Waals surface area contributed by atoms with Crippen LogP contribution in [0.25, 0.3) is 0 Å². The van der Waals surface area contributed by atoms with E-state index in [1.165, 1.54) is 12.8 Å². The molecule has 0 saturated heterocycles. The number of guanidine groups is 1. The molecule has 1 saturated carbocycles. The van der Waals surface area contributed by atoms with E-state index in [4.69, 9.17) is 4.74 Å². The zero-order chi connectivity index (χ0) is 16.4. The van der Waals surface area contributed by atoms with E-state index in [2.05, 4.69) is 15.0 Å². The zero-order valence-corrected chi connectivity index (χ0v) is 14.8. The van der Waals surface area contributed by atoms with Crippen molar-refractivity contribution >= 4 is 16.0 Å². The summed E-state index contributed by atoms with van der Waals surface area (Å²) in [5.41, 5.74) is 0. The second-order valence-electron chi connectivity index (χ2n) is 5.57. The normalized spacial score (nSPS) is 15.9. The number of ether oxygens (including phenoxy) is 1. The molecule has 0 spiro atoms. The third kappa shape index (κ3) is 8.55. The molecule has 0 aromatic rings. The van der Waals surface area contributed by atoms with Crippen LogP contribution in [-0.4, -0.2) is 72.0 Å². The highest BCUT2D eigenvalue weighted by molar-refractivity contribution is 7.89. The number of aliphatic imine (C=N–C) groups is 1. The lowest BCUT2D eigenvalue weighted by molar-refractivity contribution is 0.115. The van der Waals surface area contributed by atoms with Gasteiger partial charge in [0, 0.05) is 40.3 Å². The van der Waals surface area contributed by atoms with Crippen molar-refractivity contribution in [1.29, 1.82) is 0 Å². The molecule has 0 aromatic heterocycles. The van der Waals surface area contributed by atoms with Gasteiger partial charge in [-0.25, -0.2) is 13.1 Å². The summed E-state index contributed by atoms with van der Waals surface area (Å²) < 4.78 is 30.7. The van der Waals surface area contributed by atoms with Crippen LogP contribution in [0.2, 0.25) is 0 Å². The first kappa shape index (κ1) is 19.2. The molecule has 0 bridgehead atoms. The van der Waals surface area contributed by atoms with E-state index < -0.39 is 10.0 Å². The highest BCUT2D eigenvalue weighted by Gasteiger charge is 2.21. The Morgan fingerprint density at radius 1 is 1.36 bits per heavy atom. The lowest BCUT2D eigenvalue weighted by atomic mass is 10.4. The second-order valence-corrected chi connectivity index (χ2v) is 7.66. The molecule has 0 amide bonds. The Balaban J connectivity index is 2.09. The topological polar surface area (TPSA) is 83.0 Å². The Labute approximate surface area is 134 Å². The average Bonchev–Trinajstić information content (AvgIpc) is 3.31. The summed E-state index contributed by atoms with van der Waals surface area (Å²) in [7, 11) is 0.614. The summed E-state index contributed by atoms with van der Waals surface area (Å²) in [6.07, 6.45) is 3.33. The van der Waals surface area contributed by atoms with Crippen molar-refractivity contribution in [1.82, 2.24) is 14.9 Å². The maximum Gasteiger partial charge on any atom is 0.211 e. The average molecular weight is 334 g/mol. The quantitative estimate of drug-likeness (QED) is 0.321. The van der Waals surface area contributed by atoms with Crippen LogP contribution < -0.4 is 10.0 Å². The number of hydrogen-bond acceptors (Lipinski definition) is 4. The third-order valence-electron chi connectivity index (χ3n) is 3.53. The highest BCUT2D eigenvalue weighted by Crippen LogP contribution is 2.28. The fraction of sp³-hybridized carbons (Fsp3) is 0.929. The first-order chi connectivity index (χ1) is 10.5. The predicted molar refractivity (Wildman–Crippen MR) is 89.6 cm³/mol. The fourth-order valence-corrected chi connectivity index (χ4v) is 2.50. The van der Waals surface area contributed by atoms with Gasteiger partial charge in [-0.2, -0.15) is 0 Å². The number of sulfonamides is 1. The van der Waals surface area contributed by atoms with E-state index in [0.29, 0.717) is 26.1 Å². The lowest BCUT2D eigenvalue weighted by Crippen LogP contribution is -2.41. The van der Waals surface area contributed by atoms with E-state index in [0.717, 1.165) is 25.0 Å². The van der Waals surface area contributed by atoms with E-state index in [-0.39, 0.29) is 5.75 Å². The van der Waals surface area contributed by atoms with Gasteiger partial charge in [-0.1, -0.05) is 0 Å². The summed E-state index contributed by atoms with van der Waals surface area (Å²) in [4.78, 5) is 6.23. The molecule has 0 aliphatic heterocycles. The molecule has 7 nitrogen and oxygen atoms in total. The van der Waals surface area contributed by atoms with Gasteiger partial charge in [0.15, 0.2) is 5.96 Å². The minimum absolute atomic E-state index is 0.117. The Kier molecular flexibility index (Phi) is 8.74. The molecule has 1 aliphatic carbocycles. The van der Waals surface area contributed by atoms with Crippen LogP contribution in [-0.2, 0) is 14.8 Å². The molecule has 22 heavy (non-hydrogen) atoms. The molecule has 8 heteroatoms. The van der Waals surface area contributed by atoms with E-state index in [1.807, 2.05) is 11.9 Å². The van der Waals surface area contributed by atoms with Crippen molar-refractivity contribution in [2.45, 2.75) is 26.2 Å². The number of likely N-dealkylation sites (N-methyl/N-ethyl adjacent to an activating group) is 1. The third-order valence-corrected chi connectivity index (χ3v) is 4.94. The van der Waals surface area contributed by atoms with Crippen molar-refractivity contribution in [2.24, 2.45) is 10.9 Å². The Bertz CT molecular complexity index is 435. The van der Waals surface area contributed by atoms with E-state index in [9.17, 15) is 8.42 Å². The monoisotopic (exact) mass is 334 g/mol. The van der Waals surface area contributed by atoms with Crippen LogP contribution in [0.5, 0.6) is 0 Å². The van der Waals surface area contributed by atoms with Gasteiger partial charge in [0.25, 0.3) is 0 Å². The van der Waals surface area contributed by atoms with Crippen molar-refractivity contribution in [3.63, 3.8) is 0 Å². The van der Waals surface area contributed by atoms with Crippen LogP contribution >= 0.6 is 0 Å². The Hall–Kier alpha value is -0.860. The van der Waals surface area contributed by atoms with Crippen molar-refractivity contribution in [3.8, 4) is 0 Å². The van der Waals surface area contributed by atoms with Gasteiger partial charge in [-0.15, -0.1) is 0 Å². The first-order valence-electron chi connectivity index (χ1n) is 7.95. The minimum atomic E-state index is -3.09. The van der Waals surface area contributed by atoms with Crippen molar-refractivity contribution in [3.05, 3.63) is 0 Å².